The number of benzene rings is 2. The van der Waals surface area contributed by atoms with E-state index in [1.165, 1.54) is 17.4 Å². The number of thiazole rings is 1. The molecule has 0 saturated heterocycles. The molecule has 0 atom stereocenters. The van der Waals surface area contributed by atoms with E-state index in [1.54, 1.807) is 25.7 Å². The third kappa shape index (κ3) is 5.31. The van der Waals surface area contributed by atoms with Gasteiger partial charge in [0.2, 0.25) is 5.91 Å². The van der Waals surface area contributed by atoms with E-state index in [4.69, 9.17) is 9.47 Å². The number of anilines is 1. The highest BCUT2D eigenvalue weighted by atomic mass is 32.1. The molecule has 6 nitrogen and oxygen atoms in total. The Morgan fingerprint density at radius 2 is 1.93 bits per heavy atom. The molecule has 0 aliphatic carbocycles. The fourth-order valence-electron chi connectivity index (χ4n) is 2.85. The molecule has 0 radical (unpaired) electrons. The predicted molar refractivity (Wildman–Crippen MR) is 112 cm³/mol. The van der Waals surface area contributed by atoms with Gasteiger partial charge < -0.3 is 14.8 Å². The summed E-state index contributed by atoms with van der Waals surface area (Å²) >= 11 is 1.21. The van der Waals surface area contributed by atoms with Crippen LogP contribution < -0.4 is 14.8 Å². The second kappa shape index (κ2) is 9.64. The first kappa shape index (κ1) is 21.7. The van der Waals surface area contributed by atoms with Gasteiger partial charge in [-0.1, -0.05) is 6.07 Å². The van der Waals surface area contributed by atoms with E-state index in [-0.39, 0.29) is 12.5 Å². The average molecular weight is 433 g/mol. The van der Waals surface area contributed by atoms with E-state index in [0.717, 1.165) is 17.7 Å². The lowest BCUT2D eigenvalue weighted by molar-refractivity contribution is -0.117. The minimum atomic E-state index is -0.943. The van der Waals surface area contributed by atoms with Crippen molar-refractivity contribution in [2.45, 2.75) is 6.54 Å². The summed E-state index contributed by atoms with van der Waals surface area (Å²) in [6, 6.07) is 9.08. The molecule has 0 spiro atoms. The number of methoxy groups -OCH3 is 2. The number of carbonyl (C=O) groups excluding carboxylic acids is 1. The van der Waals surface area contributed by atoms with Gasteiger partial charge in [-0.3, -0.25) is 9.69 Å². The molecule has 3 aromatic rings. The molecule has 3 rings (SSSR count). The van der Waals surface area contributed by atoms with Crippen molar-refractivity contribution in [1.82, 2.24) is 9.88 Å². The van der Waals surface area contributed by atoms with Crippen LogP contribution in [-0.4, -0.2) is 43.6 Å². The van der Waals surface area contributed by atoms with Crippen molar-refractivity contribution in [1.29, 1.82) is 0 Å². The maximum atomic E-state index is 13.4. The van der Waals surface area contributed by atoms with Crippen LogP contribution in [0.15, 0.2) is 41.8 Å². The van der Waals surface area contributed by atoms with E-state index < -0.39 is 11.6 Å². The number of amides is 1. The quantitative estimate of drug-likeness (QED) is 0.578. The highest BCUT2D eigenvalue weighted by Gasteiger charge is 2.14. The Balaban J connectivity index is 1.59. The standard InChI is InChI=1S/C21H21F2N3O3S/c1-26(10-14-4-6-15(28-2)9-19(14)29-3)11-20(27)25-21-24-18(12-30-21)13-5-7-16(22)17(23)8-13/h4-9,12H,10-11H2,1-3H3,(H,24,25,27). The zero-order chi connectivity index (χ0) is 21.7. The number of hydrogen-bond donors (Lipinski definition) is 1. The molecule has 0 bridgehead atoms. The lowest BCUT2D eigenvalue weighted by Crippen LogP contribution is -2.29. The van der Waals surface area contributed by atoms with Gasteiger partial charge in [-0.15, -0.1) is 11.3 Å². The molecule has 1 amide bonds. The lowest BCUT2D eigenvalue weighted by atomic mass is 10.2. The first-order valence-corrected chi connectivity index (χ1v) is 9.88. The van der Waals surface area contributed by atoms with E-state index in [9.17, 15) is 13.6 Å². The van der Waals surface area contributed by atoms with Gasteiger partial charge in [0, 0.05) is 29.1 Å². The summed E-state index contributed by atoms with van der Waals surface area (Å²) in [6.45, 7) is 0.633. The van der Waals surface area contributed by atoms with Crippen LogP contribution in [0.3, 0.4) is 0 Å². The molecular formula is C21H21F2N3O3S. The summed E-state index contributed by atoms with van der Waals surface area (Å²) in [5.41, 5.74) is 1.82. The second-order valence-corrected chi connectivity index (χ2v) is 7.42. The van der Waals surface area contributed by atoms with Crippen LogP contribution in [0.4, 0.5) is 13.9 Å². The van der Waals surface area contributed by atoms with Crippen LogP contribution in [0, 0.1) is 11.6 Å². The van der Waals surface area contributed by atoms with E-state index in [0.29, 0.717) is 34.4 Å². The molecule has 1 N–H and O–H groups in total. The van der Waals surface area contributed by atoms with Gasteiger partial charge in [0.05, 0.1) is 26.5 Å². The Morgan fingerprint density at radius 3 is 2.63 bits per heavy atom. The molecule has 2 aromatic carbocycles. The van der Waals surface area contributed by atoms with Crippen molar-refractivity contribution in [3.05, 3.63) is 59.0 Å². The number of nitrogens with zero attached hydrogens (tertiary/aromatic N) is 2. The number of halogens is 2. The number of likely N-dealkylation sites (N-methyl/N-ethyl adjacent to an activating group) is 1. The Kier molecular flexibility index (Phi) is 6.96. The third-order valence-corrected chi connectivity index (χ3v) is 5.07. The van der Waals surface area contributed by atoms with Gasteiger partial charge in [-0.2, -0.15) is 0 Å². The highest BCUT2D eigenvalue weighted by molar-refractivity contribution is 7.14. The fraction of sp³-hybridized carbons (Fsp3) is 0.238. The van der Waals surface area contributed by atoms with Crippen LogP contribution in [0.1, 0.15) is 5.56 Å². The van der Waals surface area contributed by atoms with E-state index in [2.05, 4.69) is 10.3 Å². The van der Waals surface area contributed by atoms with Crippen molar-refractivity contribution < 1.29 is 23.0 Å². The second-order valence-electron chi connectivity index (χ2n) is 6.57. The molecule has 158 valence electrons. The molecule has 0 unspecified atom stereocenters. The predicted octanol–water partition coefficient (Wildman–Crippen LogP) is 4.18. The number of rotatable bonds is 8. The molecule has 0 aliphatic rings. The molecular weight excluding hydrogens is 412 g/mol. The van der Waals surface area contributed by atoms with Crippen LogP contribution in [-0.2, 0) is 11.3 Å². The van der Waals surface area contributed by atoms with Crippen molar-refractivity contribution in [3.8, 4) is 22.8 Å². The Morgan fingerprint density at radius 1 is 1.13 bits per heavy atom. The molecule has 1 heterocycles. The zero-order valence-electron chi connectivity index (χ0n) is 16.7. The summed E-state index contributed by atoms with van der Waals surface area (Å²) < 4.78 is 37.1. The molecule has 30 heavy (non-hydrogen) atoms. The SMILES string of the molecule is COc1ccc(CN(C)CC(=O)Nc2nc(-c3ccc(F)c(F)c3)cs2)c(OC)c1. The van der Waals surface area contributed by atoms with E-state index in [1.807, 2.05) is 24.1 Å². The maximum absolute atomic E-state index is 13.4. The number of aromatic nitrogens is 1. The third-order valence-electron chi connectivity index (χ3n) is 4.31. The van der Waals surface area contributed by atoms with Crippen molar-refractivity contribution >= 4 is 22.4 Å². The van der Waals surface area contributed by atoms with Gasteiger partial charge in [-0.25, -0.2) is 13.8 Å². The summed E-state index contributed by atoms with van der Waals surface area (Å²) in [7, 11) is 4.98. The van der Waals surface area contributed by atoms with Gasteiger partial charge >= 0.3 is 0 Å². The largest absolute Gasteiger partial charge is 0.497 e. The van der Waals surface area contributed by atoms with E-state index >= 15 is 0 Å². The molecule has 9 heteroatoms. The average Bonchev–Trinajstić information content (AvgIpc) is 3.18. The summed E-state index contributed by atoms with van der Waals surface area (Å²) in [6.07, 6.45) is 0. The minimum absolute atomic E-state index is 0.134. The lowest BCUT2D eigenvalue weighted by Gasteiger charge is -2.18. The molecule has 0 saturated carbocycles. The normalized spacial score (nSPS) is 10.9. The summed E-state index contributed by atoms with van der Waals surface area (Å²) in [5, 5.41) is 4.79. The summed E-state index contributed by atoms with van der Waals surface area (Å²) in [5.74, 6) is -0.730. The maximum Gasteiger partial charge on any atom is 0.240 e. The Labute approximate surface area is 177 Å². The zero-order valence-corrected chi connectivity index (χ0v) is 17.6. The number of nitrogens with one attached hydrogen (secondary N) is 1. The van der Waals surface area contributed by atoms with Gasteiger partial charge in [0.15, 0.2) is 16.8 Å². The molecule has 0 aliphatic heterocycles. The van der Waals surface area contributed by atoms with Crippen LogP contribution in [0.25, 0.3) is 11.3 Å². The van der Waals surface area contributed by atoms with Crippen molar-refractivity contribution in [2.75, 3.05) is 33.1 Å². The number of carbonyl (C=O) groups is 1. The topological polar surface area (TPSA) is 63.7 Å². The smallest absolute Gasteiger partial charge is 0.240 e. The fourth-order valence-corrected chi connectivity index (χ4v) is 3.59. The van der Waals surface area contributed by atoms with Crippen LogP contribution in [0.5, 0.6) is 11.5 Å². The van der Waals surface area contributed by atoms with Gasteiger partial charge in [0.1, 0.15) is 11.5 Å². The minimum Gasteiger partial charge on any atom is -0.497 e. The monoisotopic (exact) mass is 433 g/mol. The number of hydrogen-bond acceptors (Lipinski definition) is 6. The summed E-state index contributed by atoms with van der Waals surface area (Å²) in [4.78, 5) is 18.5. The van der Waals surface area contributed by atoms with Gasteiger partial charge in [0.25, 0.3) is 0 Å². The number of ether oxygens (including phenoxy) is 2. The van der Waals surface area contributed by atoms with Crippen molar-refractivity contribution in [2.24, 2.45) is 0 Å². The first-order valence-electron chi connectivity index (χ1n) is 9.00. The Hall–Kier alpha value is -3.04. The van der Waals surface area contributed by atoms with Gasteiger partial charge in [-0.05, 0) is 31.3 Å². The van der Waals surface area contributed by atoms with Crippen molar-refractivity contribution in [3.63, 3.8) is 0 Å². The molecule has 0 fully saturated rings. The highest BCUT2D eigenvalue weighted by Crippen LogP contribution is 2.27. The Bertz CT molecular complexity index is 1040. The first-order chi connectivity index (χ1) is 14.4. The van der Waals surface area contributed by atoms with Crippen LogP contribution >= 0.6 is 11.3 Å². The molecule has 1 aromatic heterocycles. The van der Waals surface area contributed by atoms with Crippen LogP contribution in [0.2, 0.25) is 0 Å².